The Bertz CT molecular complexity index is 1460. The first-order valence-electron chi connectivity index (χ1n) is 12.7. The van der Waals surface area contributed by atoms with E-state index in [4.69, 9.17) is 16.3 Å². The van der Waals surface area contributed by atoms with Crippen molar-refractivity contribution < 1.29 is 19.4 Å². The number of nitrogens with one attached hydrogen (secondary N) is 1. The Morgan fingerprint density at radius 1 is 1.11 bits per heavy atom. The van der Waals surface area contributed by atoms with Crippen molar-refractivity contribution in [2.75, 3.05) is 6.61 Å². The van der Waals surface area contributed by atoms with Gasteiger partial charge < -0.3 is 15.2 Å². The third-order valence-corrected chi connectivity index (χ3v) is 7.22. The first-order valence-corrected chi connectivity index (χ1v) is 13.0. The van der Waals surface area contributed by atoms with Crippen LogP contribution in [0.3, 0.4) is 0 Å². The molecular formula is C28H28ClN5O4. The number of aromatic nitrogens is 4. The molecule has 0 bridgehead atoms. The Labute approximate surface area is 224 Å². The van der Waals surface area contributed by atoms with Crippen LogP contribution in [0, 0.1) is 5.92 Å². The van der Waals surface area contributed by atoms with Gasteiger partial charge in [-0.2, -0.15) is 10.1 Å². The van der Waals surface area contributed by atoms with E-state index in [0.29, 0.717) is 66.3 Å². The molecule has 5 rings (SSSR count). The fourth-order valence-electron chi connectivity index (χ4n) is 4.87. The molecule has 2 heterocycles. The van der Waals surface area contributed by atoms with Gasteiger partial charge in [0.15, 0.2) is 0 Å². The van der Waals surface area contributed by atoms with Crippen molar-refractivity contribution in [3.63, 3.8) is 0 Å². The van der Waals surface area contributed by atoms with Gasteiger partial charge in [-0.1, -0.05) is 35.9 Å². The third-order valence-electron chi connectivity index (χ3n) is 6.89. The zero-order valence-electron chi connectivity index (χ0n) is 20.9. The maximum atomic E-state index is 13.3. The summed E-state index contributed by atoms with van der Waals surface area (Å²) in [4.78, 5) is 33.1. The maximum absolute atomic E-state index is 13.3. The summed E-state index contributed by atoms with van der Waals surface area (Å²) in [6, 6.07) is 13.5. The number of carbonyl (C=O) groups excluding carboxylic acids is 1. The number of carbonyl (C=O) groups is 2. The maximum Gasteiger partial charge on any atom is 0.316 e. The highest BCUT2D eigenvalue weighted by atomic mass is 35.5. The second-order valence-corrected chi connectivity index (χ2v) is 9.78. The molecule has 4 aromatic rings. The average Bonchev–Trinajstić information content (AvgIpc) is 3.34. The molecule has 0 unspecified atom stereocenters. The number of aliphatic carboxylic acids is 1. The smallest absolute Gasteiger partial charge is 0.316 e. The van der Waals surface area contributed by atoms with E-state index in [1.807, 2.05) is 37.3 Å². The van der Waals surface area contributed by atoms with Gasteiger partial charge in [0, 0.05) is 23.2 Å². The van der Waals surface area contributed by atoms with E-state index in [9.17, 15) is 14.7 Å². The van der Waals surface area contributed by atoms with Gasteiger partial charge in [-0.05, 0) is 56.4 Å². The molecule has 0 saturated heterocycles. The Morgan fingerprint density at radius 2 is 1.87 bits per heavy atom. The molecule has 10 heteroatoms. The first-order chi connectivity index (χ1) is 18.4. The van der Waals surface area contributed by atoms with Gasteiger partial charge in [-0.3, -0.25) is 14.3 Å². The topological polar surface area (TPSA) is 119 Å². The Kier molecular flexibility index (Phi) is 7.55. The minimum atomic E-state index is -0.765. The van der Waals surface area contributed by atoms with Gasteiger partial charge in [-0.15, -0.1) is 0 Å². The zero-order valence-corrected chi connectivity index (χ0v) is 21.7. The van der Waals surface area contributed by atoms with E-state index >= 15 is 0 Å². The second kappa shape index (κ2) is 11.2. The van der Waals surface area contributed by atoms with Crippen LogP contribution in [0.1, 0.15) is 48.5 Å². The van der Waals surface area contributed by atoms with Crippen molar-refractivity contribution in [2.45, 2.75) is 45.2 Å². The highest BCUT2D eigenvalue weighted by Gasteiger charge is 2.27. The number of fused-ring (bicyclic) bond motifs is 1. The SMILES string of the molecule is CCOc1nccc(-c2ccc(Cn3ncc4c(Cl)ccc(C(=O)NC5CCC(C(=O)O)CC5)c43)cc2)n1. The summed E-state index contributed by atoms with van der Waals surface area (Å²) >= 11 is 6.45. The molecule has 0 aliphatic heterocycles. The van der Waals surface area contributed by atoms with E-state index in [-0.39, 0.29) is 17.9 Å². The molecule has 196 valence electrons. The molecule has 0 radical (unpaired) electrons. The lowest BCUT2D eigenvalue weighted by Gasteiger charge is -2.27. The molecule has 9 nitrogen and oxygen atoms in total. The number of amides is 1. The number of ether oxygens (including phenoxy) is 1. The highest BCUT2D eigenvalue weighted by Crippen LogP contribution is 2.29. The lowest BCUT2D eigenvalue weighted by atomic mass is 9.86. The van der Waals surface area contributed by atoms with Crippen molar-refractivity contribution in [1.82, 2.24) is 25.1 Å². The molecule has 2 aromatic carbocycles. The molecule has 0 atom stereocenters. The Hall–Kier alpha value is -3.98. The fraction of sp³-hybridized carbons (Fsp3) is 0.321. The Balaban J connectivity index is 1.35. The highest BCUT2D eigenvalue weighted by molar-refractivity contribution is 6.36. The van der Waals surface area contributed by atoms with Gasteiger partial charge in [0.25, 0.3) is 5.91 Å². The van der Waals surface area contributed by atoms with E-state index < -0.39 is 5.97 Å². The zero-order chi connectivity index (χ0) is 26.6. The number of benzene rings is 2. The molecular weight excluding hydrogens is 506 g/mol. The number of rotatable bonds is 8. The predicted molar refractivity (Wildman–Crippen MR) is 143 cm³/mol. The number of nitrogens with zero attached hydrogens (tertiary/aromatic N) is 4. The second-order valence-electron chi connectivity index (χ2n) is 9.37. The van der Waals surface area contributed by atoms with Gasteiger partial charge >= 0.3 is 12.0 Å². The number of hydrogen-bond acceptors (Lipinski definition) is 6. The van der Waals surface area contributed by atoms with Crippen LogP contribution in [-0.2, 0) is 11.3 Å². The van der Waals surface area contributed by atoms with Crippen LogP contribution in [-0.4, -0.2) is 49.4 Å². The molecule has 1 amide bonds. The molecule has 2 aromatic heterocycles. The normalized spacial score (nSPS) is 17.3. The standard InChI is InChI=1S/C28H28ClN5O4/c1-2-38-28-30-14-13-24(33-28)18-5-3-17(4-6-18)16-34-25-21(11-12-23(29)22(25)15-31-34)26(35)32-20-9-7-19(8-10-20)27(36)37/h3-6,11-15,19-20H,2,7-10,16H2,1H3,(H,32,35)(H,36,37). The van der Waals surface area contributed by atoms with Crippen molar-refractivity contribution in [3.05, 3.63) is 71.0 Å². The fourth-order valence-corrected chi connectivity index (χ4v) is 5.08. The summed E-state index contributed by atoms with van der Waals surface area (Å²) < 4.78 is 7.19. The van der Waals surface area contributed by atoms with Crippen molar-refractivity contribution >= 4 is 34.4 Å². The molecule has 0 spiro atoms. The van der Waals surface area contributed by atoms with Gasteiger partial charge in [0.1, 0.15) is 0 Å². The summed E-state index contributed by atoms with van der Waals surface area (Å²) in [5.74, 6) is -1.31. The van der Waals surface area contributed by atoms with E-state index in [2.05, 4.69) is 20.4 Å². The molecule has 1 aliphatic carbocycles. The number of carboxylic acid groups (broad SMARTS) is 1. The summed E-state index contributed by atoms with van der Waals surface area (Å²) in [7, 11) is 0. The van der Waals surface area contributed by atoms with Crippen molar-refractivity contribution in [3.8, 4) is 17.3 Å². The van der Waals surface area contributed by atoms with Crippen LogP contribution < -0.4 is 10.1 Å². The third kappa shape index (κ3) is 5.47. The minimum Gasteiger partial charge on any atom is -0.481 e. The molecule has 38 heavy (non-hydrogen) atoms. The molecule has 2 N–H and O–H groups in total. The van der Waals surface area contributed by atoms with Crippen LogP contribution in [0.5, 0.6) is 6.01 Å². The Morgan fingerprint density at radius 3 is 2.58 bits per heavy atom. The number of carboxylic acids is 1. The van der Waals surface area contributed by atoms with Crippen LogP contribution in [0.2, 0.25) is 5.02 Å². The minimum absolute atomic E-state index is 0.0576. The summed E-state index contributed by atoms with van der Waals surface area (Å²) in [6.07, 6.45) is 5.76. The molecule has 1 fully saturated rings. The van der Waals surface area contributed by atoms with E-state index in [1.165, 1.54) is 0 Å². The number of hydrogen-bond donors (Lipinski definition) is 2. The summed E-state index contributed by atoms with van der Waals surface area (Å²) in [6.45, 7) is 2.83. The predicted octanol–water partition coefficient (Wildman–Crippen LogP) is 4.97. The van der Waals surface area contributed by atoms with Crippen molar-refractivity contribution in [1.29, 1.82) is 0 Å². The summed E-state index contributed by atoms with van der Waals surface area (Å²) in [5.41, 5.74) is 3.85. The quantitative estimate of drug-likeness (QED) is 0.328. The summed E-state index contributed by atoms with van der Waals surface area (Å²) in [5, 5.41) is 18.1. The van der Waals surface area contributed by atoms with E-state index in [0.717, 1.165) is 16.8 Å². The monoisotopic (exact) mass is 533 g/mol. The van der Waals surface area contributed by atoms with Gasteiger partial charge in [0.05, 0.1) is 47.1 Å². The average molecular weight is 534 g/mol. The lowest BCUT2D eigenvalue weighted by Crippen LogP contribution is -2.38. The lowest BCUT2D eigenvalue weighted by molar-refractivity contribution is -0.142. The van der Waals surface area contributed by atoms with Crippen LogP contribution in [0.15, 0.2) is 54.9 Å². The molecule has 1 saturated carbocycles. The van der Waals surface area contributed by atoms with Crippen LogP contribution in [0.4, 0.5) is 0 Å². The van der Waals surface area contributed by atoms with Crippen LogP contribution in [0.25, 0.3) is 22.2 Å². The van der Waals surface area contributed by atoms with Crippen molar-refractivity contribution in [2.24, 2.45) is 5.92 Å². The van der Waals surface area contributed by atoms with Gasteiger partial charge in [0.2, 0.25) is 0 Å². The van der Waals surface area contributed by atoms with Crippen LogP contribution >= 0.6 is 11.6 Å². The molecule has 1 aliphatic rings. The first kappa shape index (κ1) is 25.7. The van der Waals surface area contributed by atoms with Gasteiger partial charge in [-0.25, -0.2) is 4.98 Å². The number of halogens is 1. The van der Waals surface area contributed by atoms with E-state index in [1.54, 1.807) is 29.2 Å². The largest absolute Gasteiger partial charge is 0.481 e.